The average Bonchev–Trinajstić information content (AvgIpc) is 3.83. The van der Waals surface area contributed by atoms with E-state index in [0.29, 0.717) is 57.8 Å². The molecule has 1 N–H and O–H groups in total. The van der Waals surface area contributed by atoms with Crippen molar-refractivity contribution in [1.82, 2.24) is 23.3 Å². The van der Waals surface area contributed by atoms with Crippen molar-refractivity contribution in [3.8, 4) is 17.3 Å². The van der Waals surface area contributed by atoms with Crippen LogP contribution in [-0.2, 0) is 33.0 Å². The van der Waals surface area contributed by atoms with Crippen LogP contribution in [0.2, 0.25) is 51.4 Å². The fraction of sp³-hybridized carbons (Fsp3) is 0.390. The van der Waals surface area contributed by atoms with Gasteiger partial charge in [0.25, 0.3) is 10.0 Å². The van der Waals surface area contributed by atoms with Gasteiger partial charge < -0.3 is 19.1 Å². The maximum atomic E-state index is 14.6. The van der Waals surface area contributed by atoms with Crippen LogP contribution < -0.4 is 0 Å². The Kier molecular flexibility index (Phi) is 11.5. The van der Waals surface area contributed by atoms with Crippen LogP contribution in [-0.4, -0.2) is 66.2 Å². The number of rotatable bonds is 15. The van der Waals surface area contributed by atoms with Gasteiger partial charge in [-0.3, -0.25) is 0 Å². The molecule has 0 amide bonds. The normalized spacial score (nSPS) is 13.2. The lowest BCUT2D eigenvalue weighted by Gasteiger charge is -2.20. The molecule has 0 fully saturated rings. The Bertz CT molecular complexity index is 2500. The number of hydrogen-bond acceptors (Lipinski definition) is 8. The van der Waals surface area contributed by atoms with Crippen molar-refractivity contribution in [2.75, 3.05) is 13.2 Å². The topological polar surface area (TPSA) is 137 Å². The highest BCUT2D eigenvalue weighted by Gasteiger charge is 2.31. The summed E-state index contributed by atoms with van der Waals surface area (Å²) < 4.78 is 46.4. The smallest absolute Gasteiger partial charge is 0.268 e. The van der Waals surface area contributed by atoms with Gasteiger partial charge in [0.1, 0.15) is 25.4 Å². The predicted octanol–water partition coefficient (Wildman–Crippen LogP) is 8.59. The van der Waals surface area contributed by atoms with Gasteiger partial charge in [0, 0.05) is 58.3 Å². The Morgan fingerprint density at radius 2 is 1.53 bits per heavy atom. The molecule has 11 nitrogen and oxygen atoms in total. The summed E-state index contributed by atoms with van der Waals surface area (Å²) in [6.07, 6.45) is 2.01. The van der Waals surface area contributed by atoms with Crippen molar-refractivity contribution in [3.63, 3.8) is 0 Å². The second kappa shape index (κ2) is 15.6. The molecule has 290 valence electrons. The first-order valence-electron chi connectivity index (χ1n) is 18.6. The molecule has 6 aromatic rings. The van der Waals surface area contributed by atoms with Gasteiger partial charge >= 0.3 is 0 Å². The number of aromatic nitrogens is 5. The molecule has 55 heavy (non-hydrogen) atoms. The second-order valence-electron chi connectivity index (χ2n) is 16.8. The van der Waals surface area contributed by atoms with Crippen LogP contribution in [0, 0.1) is 32.1 Å². The number of nitriles is 1. The minimum absolute atomic E-state index is 0.143. The van der Waals surface area contributed by atoms with Crippen molar-refractivity contribution in [2.24, 2.45) is 0 Å². The van der Waals surface area contributed by atoms with Crippen molar-refractivity contribution >= 4 is 48.1 Å². The predicted molar refractivity (Wildman–Crippen MR) is 223 cm³/mol. The largest absolute Gasteiger partial charge is 0.380 e. The highest BCUT2D eigenvalue weighted by atomic mass is 32.2. The molecular formula is C41H52N6O5SSi2. The molecule has 14 heteroatoms. The third-order valence-corrected chi connectivity index (χ3v) is 15.0. The van der Waals surface area contributed by atoms with Crippen molar-refractivity contribution in [1.29, 1.82) is 5.26 Å². The van der Waals surface area contributed by atoms with Gasteiger partial charge in [-0.1, -0.05) is 63.0 Å². The first-order valence-corrected chi connectivity index (χ1v) is 27.5. The summed E-state index contributed by atoms with van der Waals surface area (Å²) in [5.74, 6) is 0.328. The minimum Gasteiger partial charge on any atom is -0.380 e. The highest BCUT2D eigenvalue weighted by Crippen LogP contribution is 2.42. The van der Waals surface area contributed by atoms with E-state index in [2.05, 4.69) is 50.4 Å². The number of fused-ring (bicyclic) bond motifs is 2. The molecule has 3 heterocycles. The molecule has 6 rings (SSSR count). The molecule has 0 aliphatic rings. The lowest BCUT2D eigenvalue weighted by molar-refractivity contribution is 0.0798. The zero-order valence-corrected chi connectivity index (χ0v) is 36.2. The standard InChI is InChI=1S/C41H52N6O5SSi2/c1-28-10-13-32(14-11-28)53(49,50)47-25-33(35-16-17-43-46(35)27-52-19-21-55(7,8)9)38-37(29(2)22-30(3)39(38)47)40(48)41-44-34-23-31(24-42)12-15-36(34)45(41)26-51-18-20-54(4,5)6/h10-17,22-23,25,40,48H,18-21,26-27H2,1-9H3. The van der Waals surface area contributed by atoms with Gasteiger partial charge in [-0.25, -0.2) is 22.1 Å². The maximum Gasteiger partial charge on any atom is 0.268 e. The number of nitrogens with zero attached hydrogens (tertiary/aromatic N) is 6. The molecule has 3 aromatic carbocycles. The van der Waals surface area contributed by atoms with E-state index in [9.17, 15) is 18.8 Å². The molecule has 0 saturated carbocycles. The van der Waals surface area contributed by atoms with E-state index >= 15 is 0 Å². The molecule has 0 aliphatic carbocycles. The third kappa shape index (κ3) is 8.57. The van der Waals surface area contributed by atoms with E-state index in [1.165, 1.54) is 3.97 Å². The first kappa shape index (κ1) is 40.3. The number of ether oxygens (including phenoxy) is 2. The zero-order valence-electron chi connectivity index (χ0n) is 33.3. The van der Waals surface area contributed by atoms with Crippen LogP contribution in [0.25, 0.3) is 33.2 Å². The van der Waals surface area contributed by atoms with Gasteiger partial charge in [-0.2, -0.15) is 10.4 Å². The number of aliphatic hydroxyl groups is 1. The van der Waals surface area contributed by atoms with E-state index < -0.39 is 32.3 Å². The Balaban J connectivity index is 1.57. The van der Waals surface area contributed by atoms with E-state index in [-0.39, 0.29) is 18.4 Å². The minimum atomic E-state index is -4.10. The number of aliphatic hydroxyl groups excluding tert-OH is 1. The molecule has 0 bridgehead atoms. The second-order valence-corrected chi connectivity index (χ2v) is 29.9. The van der Waals surface area contributed by atoms with E-state index in [1.54, 1.807) is 53.5 Å². The van der Waals surface area contributed by atoms with Crippen molar-refractivity contribution in [2.45, 2.75) is 96.6 Å². The lowest BCUT2D eigenvalue weighted by Crippen LogP contribution is -2.22. The monoisotopic (exact) mass is 796 g/mol. The Morgan fingerprint density at radius 3 is 2.16 bits per heavy atom. The van der Waals surface area contributed by atoms with E-state index in [0.717, 1.165) is 34.3 Å². The fourth-order valence-electron chi connectivity index (χ4n) is 6.78. The van der Waals surface area contributed by atoms with Crippen LogP contribution in [0.15, 0.2) is 71.9 Å². The molecule has 3 aromatic heterocycles. The SMILES string of the molecule is Cc1ccc(S(=O)(=O)n2cc(-c3ccnn3COCC[Si](C)(C)C)c3c(C(O)c4nc5cc(C#N)ccc5n4COCC[Si](C)(C)C)c(C)cc(C)c32)cc1. The third-order valence-electron chi connectivity index (χ3n) is 9.90. The molecule has 0 spiro atoms. The van der Waals surface area contributed by atoms with Crippen LogP contribution in [0.3, 0.4) is 0 Å². The van der Waals surface area contributed by atoms with Crippen LogP contribution in [0.1, 0.15) is 39.7 Å². The quantitative estimate of drug-likeness (QED) is 0.0806. The number of hydrogen-bond donors (Lipinski definition) is 1. The molecule has 1 unspecified atom stereocenters. The van der Waals surface area contributed by atoms with Crippen molar-refractivity contribution < 1.29 is 23.0 Å². The van der Waals surface area contributed by atoms with Crippen molar-refractivity contribution in [3.05, 3.63) is 101 Å². The summed E-state index contributed by atoms with van der Waals surface area (Å²) in [7, 11) is -6.81. The summed E-state index contributed by atoms with van der Waals surface area (Å²) in [4.78, 5) is 5.07. The summed E-state index contributed by atoms with van der Waals surface area (Å²) in [5.41, 5.74) is 6.35. The zero-order chi connectivity index (χ0) is 39.9. The molecule has 0 aliphatic heterocycles. The average molecular weight is 797 g/mol. The van der Waals surface area contributed by atoms with Crippen LogP contribution in [0.5, 0.6) is 0 Å². The lowest BCUT2D eigenvalue weighted by atomic mass is 9.93. The van der Waals surface area contributed by atoms with Crippen LogP contribution in [0.4, 0.5) is 0 Å². The number of benzene rings is 3. The Morgan fingerprint density at radius 1 is 0.873 bits per heavy atom. The molecule has 1 atom stereocenters. The number of aryl methyl sites for hydroxylation is 3. The summed E-state index contributed by atoms with van der Waals surface area (Å²) in [6, 6.07) is 20.0. The summed E-state index contributed by atoms with van der Waals surface area (Å²) >= 11 is 0. The first-order chi connectivity index (χ1) is 25.9. The molecular weight excluding hydrogens is 745 g/mol. The molecule has 0 radical (unpaired) electrons. The van der Waals surface area contributed by atoms with E-state index in [1.807, 2.05) is 43.5 Å². The Labute approximate surface area is 326 Å². The van der Waals surface area contributed by atoms with E-state index in [4.69, 9.17) is 14.5 Å². The van der Waals surface area contributed by atoms with Gasteiger partial charge in [-0.15, -0.1) is 0 Å². The van der Waals surface area contributed by atoms with Crippen LogP contribution >= 0.6 is 0 Å². The summed E-state index contributed by atoms with van der Waals surface area (Å²) in [5, 5.41) is 27.5. The highest BCUT2D eigenvalue weighted by molar-refractivity contribution is 7.90. The molecule has 0 saturated heterocycles. The maximum absolute atomic E-state index is 14.6. The van der Waals surface area contributed by atoms with Gasteiger partial charge in [0.05, 0.1) is 38.8 Å². The summed E-state index contributed by atoms with van der Waals surface area (Å²) in [6.45, 7) is 21.0. The van der Waals surface area contributed by atoms with Gasteiger partial charge in [0.15, 0.2) is 0 Å². The fourth-order valence-corrected chi connectivity index (χ4v) is 9.72. The number of imidazole rings is 1. The Hall–Kier alpha value is -4.37. The van der Waals surface area contributed by atoms with Gasteiger partial charge in [-0.05, 0) is 80.4 Å². The van der Waals surface area contributed by atoms with Gasteiger partial charge in [0.2, 0.25) is 0 Å².